The predicted octanol–water partition coefficient (Wildman–Crippen LogP) is 2.36. The van der Waals surface area contributed by atoms with Gasteiger partial charge in [0.1, 0.15) is 0 Å². The van der Waals surface area contributed by atoms with Gasteiger partial charge in [0.05, 0.1) is 12.6 Å². The molecule has 0 aliphatic heterocycles. The maximum Gasteiger partial charge on any atom is 0.234 e. The van der Waals surface area contributed by atoms with E-state index in [-0.39, 0.29) is 11.9 Å². The van der Waals surface area contributed by atoms with E-state index in [0.717, 1.165) is 5.56 Å². The van der Waals surface area contributed by atoms with Gasteiger partial charge in [0.2, 0.25) is 5.91 Å². The standard InChI is InChI=1S/C14H20N2OS/c1-4-9-15-10-14(17)16-11(2)12-5-7-13(18-3)8-6-12/h4-8,11,15H,1,9-10H2,2-3H3,(H,16,17). The van der Waals surface area contributed by atoms with Crippen molar-refractivity contribution >= 4 is 17.7 Å². The third-order valence-electron chi connectivity index (χ3n) is 2.57. The molecule has 98 valence electrons. The molecule has 0 radical (unpaired) electrons. The summed E-state index contributed by atoms with van der Waals surface area (Å²) >= 11 is 1.71. The van der Waals surface area contributed by atoms with Gasteiger partial charge >= 0.3 is 0 Å². The minimum atomic E-state index is -0.00158. The third-order valence-corrected chi connectivity index (χ3v) is 3.31. The quantitative estimate of drug-likeness (QED) is 0.451. The molecule has 18 heavy (non-hydrogen) atoms. The van der Waals surface area contributed by atoms with Gasteiger partial charge < -0.3 is 10.6 Å². The van der Waals surface area contributed by atoms with Crippen molar-refractivity contribution in [2.75, 3.05) is 19.3 Å². The van der Waals surface area contributed by atoms with E-state index >= 15 is 0 Å². The van der Waals surface area contributed by atoms with Crippen LogP contribution in [0.1, 0.15) is 18.5 Å². The SMILES string of the molecule is C=CCNCC(=O)NC(C)c1ccc(SC)cc1. The van der Waals surface area contributed by atoms with Crippen LogP contribution in [0.15, 0.2) is 41.8 Å². The van der Waals surface area contributed by atoms with Gasteiger partial charge in [-0.25, -0.2) is 0 Å². The molecule has 0 spiro atoms. The molecule has 1 aromatic carbocycles. The molecule has 1 rings (SSSR count). The summed E-state index contributed by atoms with van der Waals surface area (Å²) in [5.74, 6) is -0.00158. The van der Waals surface area contributed by atoms with Crippen LogP contribution in [0.25, 0.3) is 0 Å². The van der Waals surface area contributed by atoms with Crippen LogP contribution in [-0.2, 0) is 4.79 Å². The summed E-state index contributed by atoms with van der Waals surface area (Å²) in [6.07, 6.45) is 3.78. The molecule has 3 nitrogen and oxygen atoms in total. The summed E-state index contributed by atoms with van der Waals surface area (Å²) in [5, 5.41) is 5.93. The summed E-state index contributed by atoms with van der Waals surface area (Å²) in [7, 11) is 0. The summed E-state index contributed by atoms with van der Waals surface area (Å²) in [6.45, 7) is 6.53. The molecule has 0 heterocycles. The minimum Gasteiger partial charge on any atom is -0.348 e. The van der Waals surface area contributed by atoms with Crippen molar-refractivity contribution in [2.24, 2.45) is 0 Å². The second-order valence-corrected chi connectivity index (χ2v) is 4.86. The van der Waals surface area contributed by atoms with Crippen molar-refractivity contribution in [1.29, 1.82) is 0 Å². The Labute approximate surface area is 113 Å². The molecular formula is C14H20N2OS. The number of nitrogens with one attached hydrogen (secondary N) is 2. The van der Waals surface area contributed by atoms with E-state index in [0.29, 0.717) is 13.1 Å². The van der Waals surface area contributed by atoms with Gasteiger partial charge in [0.15, 0.2) is 0 Å². The second-order valence-electron chi connectivity index (χ2n) is 3.98. The van der Waals surface area contributed by atoms with Gasteiger partial charge in [-0.1, -0.05) is 18.2 Å². The number of hydrogen-bond acceptors (Lipinski definition) is 3. The molecule has 0 fully saturated rings. The molecule has 0 saturated heterocycles. The van der Waals surface area contributed by atoms with Gasteiger partial charge in [-0.2, -0.15) is 0 Å². The van der Waals surface area contributed by atoms with Gasteiger partial charge in [-0.3, -0.25) is 4.79 Å². The van der Waals surface area contributed by atoms with Crippen molar-refractivity contribution in [1.82, 2.24) is 10.6 Å². The number of hydrogen-bond donors (Lipinski definition) is 2. The second kappa shape index (κ2) is 7.95. The Morgan fingerprint density at radius 1 is 1.44 bits per heavy atom. The largest absolute Gasteiger partial charge is 0.348 e. The van der Waals surface area contributed by atoms with E-state index in [1.807, 2.05) is 25.3 Å². The lowest BCUT2D eigenvalue weighted by Crippen LogP contribution is -2.35. The van der Waals surface area contributed by atoms with Crippen molar-refractivity contribution in [3.8, 4) is 0 Å². The Morgan fingerprint density at radius 2 is 2.11 bits per heavy atom. The average Bonchev–Trinajstić information content (AvgIpc) is 2.39. The molecule has 1 atom stereocenters. The van der Waals surface area contributed by atoms with E-state index < -0.39 is 0 Å². The maximum absolute atomic E-state index is 11.6. The highest BCUT2D eigenvalue weighted by Crippen LogP contribution is 2.18. The molecule has 2 N–H and O–H groups in total. The van der Waals surface area contributed by atoms with Crippen LogP contribution in [0.2, 0.25) is 0 Å². The fourth-order valence-corrected chi connectivity index (χ4v) is 1.96. The fraction of sp³-hybridized carbons (Fsp3) is 0.357. The van der Waals surface area contributed by atoms with Crippen LogP contribution >= 0.6 is 11.8 Å². The topological polar surface area (TPSA) is 41.1 Å². The highest BCUT2D eigenvalue weighted by Gasteiger charge is 2.08. The zero-order valence-electron chi connectivity index (χ0n) is 10.9. The molecule has 1 amide bonds. The molecule has 1 unspecified atom stereocenters. The van der Waals surface area contributed by atoms with Crippen molar-refractivity contribution < 1.29 is 4.79 Å². The van der Waals surface area contributed by atoms with E-state index in [1.165, 1.54) is 4.90 Å². The van der Waals surface area contributed by atoms with Crippen molar-refractivity contribution in [2.45, 2.75) is 17.9 Å². The van der Waals surface area contributed by atoms with Crippen LogP contribution in [-0.4, -0.2) is 25.3 Å². The van der Waals surface area contributed by atoms with E-state index in [2.05, 4.69) is 29.3 Å². The molecule has 0 aliphatic carbocycles. The van der Waals surface area contributed by atoms with E-state index in [1.54, 1.807) is 17.8 Å². The summed E-state index contributed by atoms with van der Waals surface area (Å²) in [4.78, 5) is 12.8. The first-order valence-electron chi connectivity index (χ1n) is 5.92. The zero-order chi connectivity index (χ0) is 13.4. The van der Waals surface area contributed by atoms with Crippen LogP contribution in [0.4, 0.5) is 0 Å². The molecule has 0 bridgehead atoms. The summed E-state index contributed by atoms with van der Waals surface area (Å²) in [5.41, 5.74) is 1.12. The number of carbonyl (C=O) groups excluding carboxylic acids is 1. The minimum absolute atomic E-state index is 0.00158. The summed E-state index contributed by atoms with van der Waals surface area (Å²) < 4.78 is 0. The monoisotopic (exact) mass is 264 g/mol. The Morgan fingerprint density at radius 3 is 2.67 bits per heavy atom. The molecule has 4 heteroatoms. The number of amides is 1. The smallest absolute Gasteiger partial charge is 0.234 e. The Kier molecular flexibility index (Phi) is 6.54. The number of rotatable bonds is 7. The molecule has 0 saturated carbocycles. The van der Waals surface area contributed by atoms with E-state index in [4.69, 9.17) is 0 Å². The lowest BCUT2D eigenvalue weighted by atomic mass is 10.1. The first-order chi connectivity index (χ1) is 8.67. The van der Waals surface area contributed by atoms with E-state index in [9.17, 15) is 4.79 Å². The van der Waals surface area contributed by atoms with Crippen molar-refractivity contribution in [3.63, 3.8) is 0 Å². The molecule has 0 aromatic heterocycles. The van der Waals surface area contributed by atoms with Gasteiger partial charge in [0.25, 0.3) is 0 Å². The zero-order valence-corrected chi connectivity index (χ0v) is 11.7. The fourth-order valence-electron chi connectivity index (χ4n) is 1.56. The first-order valence-corrected chi connectivity index (χ1v) is 7.14. The maximum atomic E-state index is 11.6. The average molecular weight is 264 g/mol. The van der Waals surface area contributed by atoms with Crippen LogP contribution in [0, 0.1) is 0 Å². The molecule has 0 aliphatic rings. The van der Waals surface area contributed by atoms with Gasteiger partial charge in [-0.05, 0) is 30.9 Å². The Balaban J connectivity index is 2.45. The highest BCUT2D eigenvalue weighted by atomic mass is 32.2. The predicted molar refractivity (Wildman–Crippen MR) is 77.8 cm³/mol. The normalized spacial score (nSPS) is 11.9. The number of carbonyl (C=O) groups is 1. The van der Waals surface area contributed by atoms with Crippen molar-refractivity contribution in [3.05, 3.63) is 42.5 Å². The first kappa shape index (κ1) is 14.8. The molecular weight excluding hydrogens is 244 g/mol. The van der Waals surface area contributed by atoms with Gasteiger partial charge in [-0.15, -0.1) is 18.3 Å². The lowest BCUT2D eigenvalue weighted by molar-refractivity contribution is -0.120. The van der Waals surface area contributed by atoms with Crippen LogP contribution in [0.5, 0.6) is 0 Å². The number of thioether (sulfide) groups is 1. The van der Waals surface area contributed by atoms with Crippen LogP contribution in [0.3, 0.4) is 0 Å². The third kappa shape index (κ3) is 4.94. The Hall–Kier alpha value is -1.26. The summed E-state index contributed by atoms with van der Waals surface area (Å²) in [6, 6.07) is 8.26. The van der Waals surface area contributed by atoms with Gasteiger partial charge in [0, 0.05) is 11.4 Å². The Bertz CT molecular complexity index is 389. The van der Waals surface area contributed by atoms with Crippen LogP contribution < -0.4 is 10.6 Å². The number of benzene rings is 1. The molecule has 1 aromatic rings. The highest BCUT2D eigenvalue weighted by molar-refractivity contribution is 7.98. The lowest BCUT2D eigenvalue weighted by Gasteiger charge is -2.14.